The minimum Gasteiger partial charge on any atom is -0.381 e. The molecule has 1 aromatic rings. The number of benzene rings is 1. The van der Waals surface area contributed by atoms with E-state index in [-0.39, 0.29) is 5.91 Å². The van der Waals surface area contributed by atoms with Crippen molar-refractivity contribution in [1.29, 1.82) is 0 Å². The first kappa shape index (κ1) is 16.3. The van der Waals surface area contributed by atoms with Crippen LogP contribution < -0.4 is 0 Å². The van der Waals surface area contributed by atoms with Crippen LogP contribution in [0.1, 0.15) is 30.9 Å². The Morgan fingerprint density at radius 2 is 2.10 bits per heavy atom. The summed E-state index contributed by atoms with van der Waals surface area (Å²) in [5, 5.41) is 10.6. The molecule has 1 aliphatic heterocycles. The zero-order chi connectivity index (χ0) is 15.2. The van der Waals surface area contributed by atoms with Crippen LogP contribution in [0.15, 0.2) is 24.3 Å². The van der Waals surface area contributed by atoms with Crippen LogP contribution in [0.3, 0.4) is 0 Å². The van der Waals surface area contributed by atoms with Gasteiger partial charge in [0.25, 0.3) is 5.91 Å². The number of likely N-dealkylation sites (N-methyl/N-ethyl adjacent to an activating group) is 1. The van der Waals surface area contributed by atoms with Crippen molar-refractivity contribution in [3.63, 3.8) is 0 Å². The number of amides is 1. The second-order valence-electron chi connectivity index (χ2n) is 5.53. The second kappa shape index (κ2) is 7.78. The van der Waals surface area contributed by atoms with Gasteiger partial charge in [0.1, 0.15) is 0 Å². The van der Waals surface area contributed by atoms with Crippen LogP contribution in [0.2, 0.25) is 5.02 Å². The second-order valence-corrected chi connectivity index (χ2v) is 5.94. The van der Waals surface area contributed by atoms with Gasteiger partial charge < -0.3 is 14.7 Å². The Labute approximate surface area is 130 Å². The summed E-state index contributed by atoms with van der Waals surface area (Å²) >= 11 is 6.02. The quantitative estimate of drug-likeness (QED) is 0.909. The molecule has 0 aliphatic carbocycles. The summed E-state index contributed by atoms with van der Waals surface area (Å²) in [7, 11) is 1.72. The van der Waals surface area contributed by atoms with Gasteiger partial charge in [-0.2, -0.15) is 0 Å². The highest BCUT2D eigenvalue weighted by molar-refractivity contribution is 6.31. The highest BCUT2D eigenvalue weighted by Crippen LogP contribution is 2.24. The average Bonchev–Trinajstić information content (AvgIpc) is 2.52. The van der Waals surface area contributed by atoms with Gasteiger partial charge >= 0.3 is 0 Å². The summed E-state index contributed by atoms with van der Waals surface area (Å²) in [4.78, 5) is 13.8. The predicted octanol–water partition coefficient (Wildman–Crippen LogP) is 2.65. The van der Waals surface area contributed by atoms with E-state index < -0.39 is 6.10 Å². The molecule has 1 saturated heterocycles. The molecule has 116 valence electrons. The number of hydrogen-bond acceptors (Lipinski definition) is 3. The largest absolute Gasteiger partial charge is 0.381 e. The van der Waals surface area contributed by atoms with E-state index in [4.69, 9.17) is 16.3 Å². The third kappa shape index (κ3) is 4.43. The van der Waals surface area contributed by atoms with Crippen LogP contribution >= 0.6 is 11.6 Å². The molecule has 0 bridgehead atoms. The molecule has 1 amide bonds. The molecule has 0 saturated carbocycles. The van der Waals surface area contributed by atoms with Gasteiger partial charge in [0.15, 0.2) is 6.10 Å². The van der Waals surface area contributed by atoms with E-state index >= 15 is 0 Å². The fourth-order valence-electron chi connectivity index (χ4n) is 2.56. The summed E-state index contributed by atoms with van der Waals surface area (Å²) in [5.41, 5.74) is 0.460. The number of hydrogen-bond donors (Lipinski definition) is 1. The van der Waals surface area contributed by atoms with Crippen molar-refractivity contribution in [1.82, 2.24) is 4.90 Å². The Hall–Kier alpha value is -1.10. The van der Waals surface area contributed by atoms with Crippen molar-refractivity contribution >= 4 is 17.5 Å². The van der Waals surface area contributed by atoms with Crippen LogP contribution in [0.4, 0.5) is 0 Å². The van der Waals surface area contributed by atoms with Crippen molar-refractivity contribution in [2.75, 3.05) is 26.8 Å². The minimum absolute atomic E-state index is 0.310. The van der Waals surface area contributed by atoms with E-state index in [0.29, 0.717) is 23.0 Å². The lowest BCUT2D eigenvalue weighted by Gasteiger charge is -2.26. The molecule has 1 atom stereocenters. The zero-order valence-corrected chi connectivity index (χ0v) is 13.1. The van der Waals surface area contributed by atoms with E-state index in [2.05, 4.69) is 0 Å². The van der Waals surface area contributed by atoms with Crippen molar-refractivity contribution < 1.29 is 14.6 Å². The molecule has 0 aromatic heterocycles. The molecule has 5 heteroatoms. The number of ether oxygens (including phenoxy) is 1. The molecule has 4 nitrogen and oxygen atoms in total. The van der Waals surface area contributed by atoms with Crippen molar-refractivity contribution in [3.05, 3.63) is 34.9 Å². The first-order valence-corrected chi connectivity index (χ1v) is 7.72. The normalized spacial score (nSPS) is 17.5. The molecule has 0 radical (unpaired) electrons. The molecule has 1 aliphatic rings. The number of rotatable bonds is 5. The predicted molar refractivity (Wildman–Crippen MR) is 82.2 cm³/mol. The van der Waals surface area contributed by atoms with Crippen LogP contribution in [0.25, 0.3) is 0 Å². The molecule has 1 heterocycles. The SMILES string of the molecule is CN(CCC1CCOCC1)C(=O)[C@H](O)c1ccccc1Cl. The van der Waals surface area contributed by atoms with Crippen molar-refractivity contribution in [2.45, 2.75) is 25.4 Å². The highest BCUT2D eigenvalue weighted by Gasteiger charge is 2.24. The Kier molecular flexibility index (Phi) is 6.03. The molecule has 21 heavy (non-hydrogen) atoms. The van der Waals surface area contributed by atoms with Crippen LogP contribution in [0, 0.1) is 5.92 Å². The highest BCUT2D eigenvalue weighted by atomic mass is 35.5. The lowest BCUT2D eigenvalue weighted by atomic mass is 9.96. The Bertz CT molecular complexity index is 474. The van der Waals surface area contributed by atoms with E-state index in [1.165, 1.54) is 0 Å². The third-order valence-electron chi connectivity index (χ3n) is 4.02. The van der Waals surface area contributed by atoms with E-state index in [1.807, 2.05) is 0 Å². The average molecular weight is 312 g/mol. The molecular weight excluding hydrogens is 290 g/mol. The molecule has 2 rings (SSSR count). The molecular formula is C16H22ClNO3. The molecule has 1 fully saturated rings. The maximum atomic E-state index is 12.3. The standard InChI is InChI=1S/C16H22ClNO3/c1-18(9-6-12-7-10-21-11-8-12)16(20)15(19)13-4-2-3-5-14(13)17/h2-5,12,15,19H,6-11H2,1H3/t15-/m1/s1. The lowest BCUT2D eigenvalue weighted by molar-refractivity contribution is -0.139. The summed E-state index contributed by atoms with van der Waals surface area (Å²) in [6.45, 7) is 2.26. The molecule has 1 N–H and O–H groups in total. The topological polar surface area (TPSA) is 49.8 Å². The van der Waals surface area contributed by atoms with Gasteiger partial charge in [-0.15, -0.1) is 0 Å². The fourth-order valence-corrected chi connectivity index (χ4v) is 2.80. The Balaban J connectivity index is 1.88. The minimum atomic E-state index is -1.20. The number of halogens is 1. The van der Waals surface area contributed by atoms with E-state index in [1.54, 1.807) is 36.2 Å². The monoisotopic (exact) mass is 311 g/mol. The van der Waals surface area contributed by atoms with E-state index in [9.17, 15) is 9.90 Å². The first-order valence-electron chi connectivity index (χ1n) is 7.35. The lowest BCUT2D eigenvalue weighted by Crippen LogP contribution is -2.34. The van der Waals surface area contributed by atoms with Gasteiger partial charge in [0.2, 0.25) is 0 Å². The number of aliphatic hydroxyl groups is 1. The molecule has 1 aromatic carbocycles. The fraction of sp³-hybridized carbons (Fsp3) is 0.562. The third-order valence-corrected chi connectivity index (χ3v) is 4.37. The van der Waals surface area contributed by atoms with Gasteiger partial charge in [0.05, 0.1) is 0 Å². The van der Waals surface area contributed by atoms with Crippen molar-refractivity contribution in [2.24, 2.45) is 5.92 Å². The zero-order valence-electron chi connectivity index (χ0n) is 12.3. The summed E-state index contributed by atoms with van der Waals surface area (Å²) in [5.74, 6) is 0.293. The van der Waals surface area contributed by atoms with Crippen LogP contribution in [-0.2, 0) is 9.53 Å². The Morgan fingerprint density at radius 1 is 1.43 bits per heavy atom. The number of carbonyl (C=O) groups excluding carboxylic acids is 1. The maximum Gasteiger partial charge on any atom is 0.255 e. The maximum absolute atomic E-state index is 12.3. The smallest absolute Gasteiger partial charge is 0.255 e. The summed E-state index contributed by atoms with van der Waals surface area (Å²) < 4.78 is 5.33. The van der Waals surface area contributed by atoms with Crippen LogP contribution in [-0.4, -0.2) is 42.7 Å². The van der Waals surface area contributed by atoms with Gasteiger partial charge in [-0.3, -0.25) is 4.79 Å². The van der Waals surface area contributed by atoms with Gasteiger partial charge in [-0.05, 0) is 31.2 Å². The van der Waals surface area contributed by atoms with Gasteiger partial charge in [0, 0.05) is 37.4 Å². The van der Waals surface area contributed by atoms with E-state index in [0.717, 1.165) is 32.5 Å². The number of aliphatic hydroxyl groups excluding tert-OH is 1. The Morgan fingerprint density at radius 3 is 2.76 bits per heavy atom. The van der Waals surface area contributed by atoms with Crippen LogP contribution in [0.5, 0.6) is 0 Å². The summed E-state index contributed by atoms with van der Waals surface area (Å²) in [6, 6.07) is 6.89. The first-order chi connectivity index (χ1) is 10.1. The number of carbonyl (C=O) groups is 1. The summed E-state index contributed by atoms with van der Waals surface area (Å²) in [6.07, 6.45) is 1.85. The van der Waals surface area contributed by atoms with Crippen molar-refractivity contribution in [3.8, 4) is 0 Å². The molecule has 0 unspecified atom stereocenters. The number of nitrogens with zero attached hydrogens (tertiary/aromatic N) is 1. The molecule has 0 spiro atoms. The van der Waals surface area contributed by atoms with Gasteiger partial charge in [-0.25, -0.2) is 0 Å². The van der Waals surface area contributed by atoms with Gasteiger partial charge in [-0.1, -0.05) is 29.8 Å².